The Kier molecular flexibility index (Phi) is 6.20. The van der Waals surface area contributed by atoms with Gasteiger partial charge in [0.2, 0.25) is 0 Å². The first kappa shape index (κ1) is 16.3. The number of carbonyl (C=O) groups is 1. The number of aldehydes is 1. The van der Waals surface area contributed by atoms with E-state index in [1.54, 1.807) is 12.3 Å². The first-order valence-electron chi connectivity index (χ1n) is 7.01. The number of hydrogen-bond donors (Lipinski definition) is 4. The van der Waals surface area contributed by atoms with Gasteiger partial charge in [-0.05, 0) is 37.3 Å². The lowest BCUT2D eigenvalue weighted by Gasteiger charge is -2.11. The number of fused-ring (bicyclic) bond motifs is 1. The van der Waals surface area contributed by atoms with Gasteiger partial charge in [-0.2, -0.15) is 0 Å². The summed E-state index contributed by atoms with van der Waals surface area (Å²) in [6.07, 6.45) is 3.64. The number of nitrogens with two attached hydrogens (primary N) is 1. The lowest BCUT2D eigenvalue weighted by atomic mass is 10.1. The highest BCUT2D eigenvalue weighted by molar-refractivity contribution is 7.80. The third-order valence-corrected chi connectivity index (χ3v) is 3.35. The number of benzene rings is 1. The number of aromatic nitrogens is 1. The zero-order chi connectivity index (χ0) is 15.8. The van der Waals surface area contributed by atoms with Gasteiger partial charge in [-0.3, -0.25) is 15.2 Å². The number of thiocarbonyl (C=S) groups is 1. The third-order valence-electron chi connectivity index (χ3n) is 3.25. The highest BCUT2D eigenvalue weighted by Crippen LogP contribution is 2.13. The average molecular weight is 317 g/mol. The Hall–Kier alpha value is -2.09. The highest BCUT2D eigenvalue weighted by Gasteiger charge is 2.12. The van der Waals surface area contributed by atoms with Gasteiger partial charge in [-0.15, -0.1) is 0 Å². The van der Waals surface area contributed by atoms with Crippen LogP contribution < -0.4 is 21.9 Å². The normalized spacial score (nSPS) is 16.6. The molecule has 2 heterocycles. The van der Waals surface area contributed by atoms with Crippen molar-refractivity contribution in [1.82, 2.24) is 21.2 Å². The number of para-hydroxylation sites is 1. The van der Waals surface area contributed by atoms with Crippen LogP contribution in [0.3, 0.4) is 0 Å². The molecule has 0 spiro atoms. The van der Waals surface area contributed by atoms with Crippen molar-refractivity contribution in [3.8, 4) is 0 Å². The van der Waals surface area contributed by atoms with Gasteiger partial charge < -0.3 is 11.1 Å². The molecule has 1 aliphatic heterocycles. The number of nitrogens with one attached hydrogen (secondary N) is 3. The van der Waals surface area contributed by atoms with Crippen LogP contribution in [0.15, 0.2) is 36.5 Å². The van der Waals surface area contributed by atoms with Crippen molar-refractivity contribution in [2.24, 2.45) is 5.73 Å². The summed E-state index contributed by atoms with van der Waals surface area (Å²) in [5, 5.41) is 4.51. The lowest BCUT2D eigenvalue weighted by molar-refractivity contribution is 0.112. The van der Waals surface area contributed by atoms with Gasteiger partial charge in [-0.25, -0.2) is 5.43 Å². The van der Waals surface area contributed by atoms with Crippen LogP contribution in [0.1, 0.15) is 16.8 Å². The van der Waals surface area contributed by atoms with E-state index in [0.717, 1.165) is 36.7 Å². The molecular formula is C15H19N5OS. The van der Waals surface area contributed by atoms with Crippen LogP contribution >= 0.6 is 12.2 Å². The molecule has 2 aromatic rings. The molecule has 1 aliphatic rings. The Balaban J connectivity index is 0.000000164. The summed E-state index contributed by atoms with van der Waals surface area (Å²) in [5.74, 6) is 0. The second kappa shape index (κ2) is 8.38. The zero-order valence-corrected chi connectivity index (χ0v) is 12.9. The van der Waals surface area contributed by atoms with Crippen molar-refractivity contribution in [1.29, 1.82) is 0 Å². The summed E-state index contributed by atoms with van der Waals surface area (Å²) in [7, 11) is 0. The maximum absolute atomic E-state index is 10.6. The molecule has 0 saturated carbocycles. The summed E-state index contributed by atoms with van der Waals surface area (Å²) in [6, 6.07) is 9.82. The van der Waals surface area contributed by atoms with Crippen LogP contribution in [-0.4, -0.2) is 35.5 Å². The number of hydrazine groups is 1. The third kappa shape index (κ3) is 4.73. The van der Waals surface area contributed by atoms with E-state index in [1.807, 2.05) is 24.3 Å². The van der Waals surface area contributed by atoms with Crippen LogP contribution in [0.2, 0.25) is 0 Å². The monoisotopic (exact) mass is 317 g/mol. The minimum atomic E-state index is 0.298. The van der Waals surface area contributed by atoms with Gasteiger partial charge in [0.1, 0.15) is 0 Å². The molecule has 1 aromatic carbocycles. The molecule has 0 radical (unpaired) electrons. The summed E-state index contributed by atoms with van der Waals surface area (Å²) in [6.45, 7) is 2.05. The molecule has 7 heteroatoms. The largest absolute Gasteiger partial charge is 0.375 e. The van der Waals surface area contributed by atoms with Crippen LogP contribution in [0.4, 0.5) is 0 Å². The highest BCUT2D eigenvalue weighted by atomic mass is 32.1. The molecule has 5 N–H and O–H groups in total. The molecule has 6 nitrogen and oxygen atoms in total. The van der Waals surface area contributed by atoms with Crippen molar-refractivity contribution in [2.45, 2.75) is 12.5 Å². The summed E-state index contributed by atoms with van der Waals surface area (Å²) >= 11 is 4.61. The van der Waals surface area contributed by atoms with E-state index in [9.17, 15) is 4.79 Å². The molecule has 0 amide bonds. The van der Waals surface area contributed by atoms with E-state index in [0.29, 0.717) is 16.7 Å². The van der Waals surface area contributed by atoms with Gasteiger partial charge >= 0.3 is 0 Å². The summed E-state index contributed by atoms with van der Waals surface area (Å²) in [4.78, 5) is 14.7. The molecule has 1 fully saturated rings. The smallest absolute Gasteiger partial charge is 0.178 e. The minimum absolute atomic E-state index is 0.298. The van der Waals surface area contributed by atoms with Gasteiger partial charge in [0.15, 0.2) is 11.4 Å². The van der Waals surface area contributed by atoms with Crippen LogP contribution in [-0.2, 0) is 0 Å². The molecule has 1 saturated heterocycles. The van der Waals surface area contributed by atoms with Gasteiger partial charge in [0.25, 0.3) is 0 Å². The van der Waals surface area contributed by atoms with Gasteiger partial charge in [0, 0.05) is 29.7 Å². The van der Waals surface area contributed by atoms with Crippen LogP contribution in [0.5, 0.6) is 0 Å². The Bertz CT molecular complexity index is 637. The van der Waals surface area contributed by atoms with E-state index in [-0.39, 0.29) is 0 Å². The second-order valence-corrected chi connectivity index (χ2v) is 5.30. The van der Waals surface area contributed by atoms with E-state index in [4.69, 9.17) is 5.73 Å². The zero-order valence-electron chi connectivity index (χ0n) is 12.1. The second-order valence-electron chi connectivity index (χ2n) is 4.86. The number of carbonyl (C=O) groups excluding carboxylic acids is 1. The fourth-order valence-electron chi connectivity index (χ4n) is 2.17. The van der Waals surface area contributed by atoms with Crippen molar-refractivity contribution in [2.75, 3.05) is 13.1 Å². The first-order chi connectivity index (χ1) is 10.7. The van der Waals surface area contributed by atoms with Crippen LogP contribution in [0, 0.1) is 0 Å². The maximum Gasteiger partial charge on any atom is 0.178 e. The number of rotatable bonds is 3. The molecule has 1 unspecified atom stereocenters. The first-order valence-corrected chi connectivity index (χ1v) is 7.42. The van der Waals surface area contributed by atoms with E-state index < -0.39 is 0 Å². The number of pyridine rings is 1. The molecule has 1 atom stereocenters. The van der Waals surface area contributed by atoms with E-state index >= 15 is 0 Å². The number of hydrogen-bond acceptors (Lipinski definition) is 5. The topological polar surface area (TPSA) is 92.1 Å². The van der Waals surface area contributed by atoms with Crippen molar-refractivity contribution < 1.29 is 4.79 Å². The molecule has 0 aliphatic carbocycles. The quantitative estimate of drug-likeness (QED) is 0.377. The Morgan fingerprint density at radius 2 is 2.23 bits per heavy atom. The minimum Gasteiger partial charge on any atom is -0.375 e. The maximum atomic E-state index is 10.6. The van der Waals surface area contributed by atoms with Gasteiger partial charge in [-0.1, -0.05) is 18.2 Å². The predicted molar refractivity (Wildman–Crippen MR) is 91.5 cm³/mol. The Morgan fingerprint density at radius 1 is 1.41 bits per heavy atom. The van der Waals surface area contributed by atoms with Gasteiger partial charge in [0.05, 0.1) is 5.52 Å². The Labute approximate surface area is 134 Å². The van der Waals surface area contributed by atoms with E-state index in [1.165, 1.54) is 0 Å². The average Bonchev–Trinajstić information content (AvgIpc) is 3.06. The molecular weight excluding hydrogens is 298 g/mol. The summed E-state index contributed by atoms with van der Waals surface area (Å²) in [5.41, 5.74) is 12.3. The van der Waals surface area contributed by atoms with Crippen molar-refractivity contribution >= 4 is 34.5 Å². The molecule has 1 aromatic heterocycles. The number of nitrogens with zero attached hydrogens (tertiary/aromatic N) is 1. The van der Waals surface area contributed by atoms with Crippen molar-refractivity contribution in [3.05, 3.63) is 42.1 Å². The van der Waals surface area contributed by atoms with E-state index in [2.05, 4.69) is 33.4 Å². The van der Waals surface area contributed by atoms with Crippen LogP contribution in [0.25, 0.3) is 10.9 Å². The molecule has 0 bridgehead atoms. The Morgan fingerprint density at radius 3 is 2.91 bits per heavy atom. The fourth-order valence-corrected chi connectivity index (χ4v) is 2.23. The standard InChI is InChI=1S/C10H7NO.C5H12N4S/c12-7-9-4-1-3-8-5-2-6-11-10(8)9;6-5(10)9-8-4-1-2-7-3-4/h1-7H;4,7-8H,1-3H2,(H3,6,9,10). The molecule has 22 heavy (non-hydrogen) atoms. The molecule has 3 rings (SSSR count). The van der Waals surface area contributed by atoms with Crippen molar-refractivity contribution in [3.63, 3.8) is 0 Å². The SMILES string of the molecule is NC(=S)NNC1CCNC1.O=Cc1cccc2cccnc12. The summed E-state index contributed by atoms with van der Waals surface area (Å²) < 4.78 is 0. The fraction of sp³-hybridized carbons (Fsp3) is 0.267. The predicted octanol–water partition coefficient (Wildman–Crippen LogP) is 0.733. The lowest BCUT2D eigenvalue weighted by Crippen LogP contribution is -2.47. The molecule has 116 valence electrons.